The number of morpholine rings is 1. The minimum absolute atomic E-state index is 0.220. The number of hydrogen-bond acceptors (Lipinski definition) is 7. The van der Waals surface area contributed by atoms with E-state index in [9.17, 15) is 5.11 Å². The van der Waals surface area contributed by atoms with Crippen LogP contribution < -0.4 is 4.90 Å². The van der Waals surface area contributed by atoms with Crippen molar-refractivity contribution in [3.05, 3.63) is 41.7 Å². The Bertz CT molecular complexity index is 874. The summed E-state index contributed by atoms with van der Waals surface area (Å²) in [7, 11) is 0. The second-order valence-corrected chi connectivity index (χ2v) is 9.06. The van der Waals surface area contributed by atoms with Crippen LogP contribution in [0.2, 0.25) is 0 Å². The van der Waals surface area contributed by atoms with Gasteiger partial charge in [-0.3, -0.25) is 14.8 Å². The van der Waals surface area contributed by atoms with Crippen LogP contribution in [0.3, 0.4) is 0 Å². The number of aliphatic hydroxyl groups is 1. The van der Waals surface area contributed by atoms with E-state index in [1.165, 1.54) is 11.1 Å². The number of pyridine rings is 2. The smallest absolute Gasteiger partial charge is 0.129 e. The number of hydrogen-bond donors (Lipinski definition) is 1. The van der Waals surface area contributed by atoms with Gasteiger partial charge in [-0.15, -0.1) is 0 Å². The molecule has 3 atom stereocenters. The Hall–Kier alpha value is -2.06. The lowest BCUT2D eigenvalue weighted by Gasteiger charge is -2.41. The Balaban J connectivity index is 1.35. The maximum atomic E-state index is 10.8. The molecule has 4 heterocycles. The molecule has 0 saturated carbocycles. The molecule has 2 aromatic rings. The van der Waals surface area contributed by atoms with Crippen LogP contribution in [0.5, 0.6) is 0 Å². The van der Waals surface area contributed by atoms with Crippen molar-refractivity contribution in [2.24, 2.45) is 0 Å². The number of piperazine rings is 1. The van der Waals surface area contributed by atoms with E-state index in [1.54, 1.807) is 0 Å². The maximum Gasteiger partial charge on any atom is 0.129 e. The summed E-state index contributed by atoms with van der Waals surface area (Å²) in [6, 6.07) is 6.32. The van der Waals surface area contributed by atoms with Gasteiger partial charge >= 0.3 is 0 Å². The summed E-state index contributed by atoms with van der Waals surface area (Å²) in [4.78, 5) is 16.0. The minimum atomic E-state index is -0.446. The number of aliphatic hydroxyl groups excluding tert-OH is 1. The van der Waals surface area contributed by atoms with Crippen molar-refractivity contribution in [1.29, 1.82) is 0 Å². The molecule has 0 amide bonds. The highest BCUT2D eigenvalue weighted by Crippen LogP contribution is 2.25. The zero-order valence-electron chi connectivity index (χ0n) is 19.2. The molecular weight excluding hydrogens is 390 g/mol. The molecule has 0 bridgehead atoms. The molecule has 2 fully saturated rings. The molecule has 0 aliphatic carbocycles. The van der Waals surface area contributed by atoms with Crippen molar-refractivity contribution in [2.75, 3.05) is 50.7 Å². The minimum Gasteiger partial charge on any atom is -0.377 e. The average molecular weight is 426 g/mol. The third-order valence-corrected chi connectivity index (χ3v) is 6.21. The summed E-state index contributed by atoms with van der Waals surface area (Å²) in [6.45, 7) is 14.1. The highest BCUT2D eigenvalue weighted by Gasteiger charge is 2.28. The van der Waals surface area contributed by atoms with Crippen molar-refractivity contribution in [2.45, 2.75) is 46.1 Å². The van der Waals surface area contributed by atoms with E-state index < -0.39 is 6.23 Å². The molecule has 1 unspecified atom stereocenters. The second kappa shape index (κ2) is 9.61. The van der Waals surface area contributed by atoms with Crippen molar-refractivity contribution >= 4 is 5.82 Å². The topological polar surface area (TPSA) is 65.0 Å². The molecule has 2 aromatic heterocycles. The molecule has 168 valence electrons. The second-order valence-electron chi connectivity index (χ2n) is 9.06. The fraction of sp³-hybridized carbons (Fsp3) is 0.583. The number of ether oxygens (including phenoxy) is 1. The zero-order valence-corrected chi connectivity index (χ0v) is 19.2. The zero-order chi connectivity index (χ0) is 22.0. The number of nitrogens with zero attached hydrogens (tertiary/aromatic N) is 5. The molecule has 7 nitrogen and oxygen atoms in total. The summed E-state index contributed by atoms with van der Waals surface area (Å²) < 4.78 is 5.81. The molecule has 7 heteroatoms. The quantitative estimate of drug-likeness (QED) is 0.789. The first kappa shape index (κ1) is 22.1. The van der Waals surface area contributed by atoms with Gasteiger partial charge in [0.2, 0.25) is 0 Å². The average Bonchev–Trinajstić information content (AvgIpc) is 2.73. The standard InChI is InChI=1S/C24H35N5O2/c1-17-11-18(2)24(26-13-17)21-5-6-25-22(12-21)28-7-9-29(10-8-28)23(30)16-27-14-19(3)31-20(4)15-27/h5-6,11-13,19-20,23,30H,7-10,14-16H2,1-4H3/t19-,20+,23?. The predicted molar refractivity (Wildman–Crippen MR) is 123 cm³/mol. The van der Waals surface area contributed by atoms with Crippen LogP contribution in [-0.2, 0) is 4.74 Å². The summed E-state index contributed by atoms with van der Waals surface area (Å²) in [5, 5.41) is 10.8. The first-order valence-electron chi connectivity index (χ1n) is 11.3. The van der Waals surface area contributed by atoms with Gasteiger partial charge in [0.1, 0.15) is 12.0 Å². The Morgan fingerprint density at radius 1 is 1.06 bits per heavy atom. The van der Waals surface area contributed by atoms with Crippen molar-refractivity contribution in [3.8, 4) is 11.3 Å². The van der Waals surface area contributed by atoms with Gasteiger partial charge in [-0.1, -0.05) is 6.07 Å². The van der Waals surface area contributed by atoms with Gasteiger partial charge in [0.15, 0.2) is 0 Å². The third-order valence-electron chi connectivity index (χ3n) is 6.21. The molecule has 31 heavy (non-hydrogen) atoms. The normalized spacial score (nSPS) is 24.4. The number of aromatic nitrogens is 2. The van der Waals surface area contributed by atoms with E-state index >= 15 is 0 Å². The van der Waals surface area contributed by atoms with E-state index in [2.05, 4.69) is 64.5 Å². The monoisotopic (exact) mass is 425 g/mol. The molecule has 1 N–H and O–H groups in total. The summed E-state index contributed by atoms with van der Waals surface area (Å²) >= 11 is 0. The molecule has 0 radical (unpaired) electrons. The van der Waals surface area contributed by atoms with Crippen molar-refractivity contribution in [1.82, 2.24) is 19.8 Å². The molecule has 2 saturated heterocycles. The van der Waals surface area contributed by atoms with Crippen LogP contribution in [0.1, 0.15) is 25.0 Å². The Kier molecular flexibility index (Phi) is 6.86. The van der Waals surface area contributed by atoms with E-state index in [0.717, 1.165) is 56.3 Å². The first-order chi connectivity index (χ1) is 14.9. The van der Waals surface area contributed by atoms with Crippen LogP contribution in [0.25, 0.3) is 11.3 Å². The van der Waals surface area contributed by atoms with Crippen LogP contribution in [0.15, 0.2) is 30.6 Å². The number of anilines is 1. The lowest BCUT2D eigenvalue weighted by atomic mass is 10.1. The molecule has 4 rings (SSSR count). The van der Waals surface area contributed by atoms with Gasteiger partial charge < -0.3 is 14.7 Å². The van der Waals surface area contributed by atoms with Gasteiger partial charge in [-0.25, -0.2) is 4.98 Å². The van der Waals surface area contributed by atoms with E-state index in [0.29, 0.717) is 6.54 Å². The van der Waals surface area contributed by atoms with E-state index in [-0.39, 0.29) is 12.2 Å². The van der Waals surface area contributed by atoms with Gasteiger partial charge in [0, 0.05) is 63.8 Å². The first-order valence-corrected chi connectivity index (χ1v) is 11.3. The molecule has 0 aromatic carbocycles. The van der Waals surface area contributed by atoms with E-state index in [1.807, 2.05) is 18.5 Å². The number of aryl methyl sites for hydroxylation is 2. The maximum absolute atomic E-state index is 10.8. The van der Waals surface area contributed by atoms with Gasteiger partial charge in [-0.2, -0.15) is 0 Å². The predicted octanol–water partition coefficient (Wildman–Crippen LogP) is 2.31. The lowest BCUT2D eigenvalue weighted by molar-refractivity contribution is -0.0944. The van der Waals surface area contributed by atoms with Crippen LogP contribution in [0.4, 0.5) is 5.82 Å². The highest BCUT2D eigenvalue weighted by molar-refractivity contribution is 5.66. The highest BCUT2D eigenvalue weighted by atomic mass is 16.5. The fourth-order valence-corrected chi connectivity index (χ4v) is 4.79. The van der Waals surface area contributed by atoms with Crippen LogP contribution in [0, 0.1) is 13.8 Å². The largest absolute Gasteiger partial charge is 0.377 e. The fourth-order valence-electron chi connectivity index (χ4n) is 4.79. The van der Waals surface area contributed by atoms with Crippen LogP contribution in [-0.4, -0.2) is 89.1 Å². The Morgan fingerprint density at radius 3 is 2.45 bits per heavy atom. The molecule has 2 aliphatic rings. The molecule has 2 aliphatic heterocycles. The SMILES string of the molecule is Cc1cnc(-c2ccnc(N3CCN(C(O)CN4C[C@@H](C)O[C@@H](C)C4)CC3)c2)c(C)c1. The van der Waals surface area contributed by atoms with E-state index in [4.69, 9.17) is 4.74 Å². The molecular formula is C24H35N5O2. The van der Waals surface area contributed by atoms with Gasteiger partial charge in [-0.05, 0) is 51.0 Å². The van der Waals surface area contributed by atoms with Gasteiger partial charge in [0.25, 0.3) is 0 Å². The van der Waals surface area contributed by atoms with Crippen LogP contribution >= 0.6 is 0 Å². The third kappa shape index (κ3) is 5.41. The van der Waals surface area contributed by atoms with Gasteiger partial charge in [0.05, 0.1) is 17.9 Å². The Morgan fingerprint density at radius 2 is 1.77 bits per heavy atom. The lowest BCUT2D eigenvalue weighted by Crippen LogP contribution is -2.55. The summed E-state index contributed by atoms with van der Waals surface area (Å²) in [6.07, 6.45) is 3.78. The van der Waals surface area contributed by atoms with Crippen molar-refractivity contribution < 1.29 is 9.84 Å². The summed E-state index contributed by atoms with van der Waals surface area (Å²) in [5.41, 5.74) is 4.46. The molecule has 0 spiro atoms. The number of rotatable bonds is 5. The Labute approximate surface area is 185 Å². The van der Waals surface area contributed by atoms with Crippen molar-refractivity contribution in [3.63, 3.8) is 0 Å². The summed E-state index contributed by atoms with van der Waals surface area (Å²) in [5.74, 6) is 0.976. The number of β-amino-alcohol motifs (C(OH)–C–C–N with tert-alkyl or cyclic N) is 1.